The summed E-state index contributed by atoms with van der Waals surface area (Å²) in [6.07, 6.45) is 7.11. The van der Waals surface area contributed by atoms with Gasteiger partial charge in [0.2, 0.25) is 0 Å². The van der Waals surface area contributed by atoms with Crippen LogP contribution in [-0.2, 0) is 0 Å². The van der Waals surface area contributed by atoms with Crippen molar-refractivity contribution >= 4 is 0 Å². The van der Waals surface area contributed by atoms with Crippen LogP contribution in [0, 0.1) is 11.8 Å². The van der Waals surface area contributed by atoms with Crippen molar-refractivity contribution in [2.45, 2.75) is 51.0 Å². The molecule has 0 aromatic heterocycles. The molecule has 18 heavy (non-hydrogen) atoms. The van der Waals surface area contributed by atoms with Gasteiger partial charge in [0.1, 0.15) is 0 Å². The molecule has 2 aliphatic carbocycles. The molecule has 2 fully saturated rings. The lowest BCUT2D eigenvalue weighted by Gasteiger charge is -2.26. The van der Waals surface area contributed by atoms with Gasteiger partial charge < -0.3 is 5.32 Å². The Morgan fingerprint density at radius 1 is 1.06 bits per heavy atom. The van der Waals surface area contributed by atoms with E-state index in [1.54, 1.807) is 0 Å². The summed E-state index contributed by atoms with van der Waals surface area (Å²) in [7, 11) is 0. The fourth-order valence-corrected chi connectivity index (χ4v) is 3.34. The maximum atomic E-state index is 3.79. The molecule has 0 aliphatic heterocycles. The summed E-state index contributed by atoms with van der Waals surface area (Å²) >= 11 is 0. The van der Waals surface area contributed by atoms with Crippen molar-refractivity contribution in [1.82, 2.24) is 5.32 Å². The average Bonchev–Trinajstić information content (AvgIpc) is 3.19. The fourth-order valence-electron chi connectivity index (χ4n) is 3.34. The highest BCUT2D eigenvalue weighted by molar-refractivity contribution is 5.27. The first-order valence-electron chi connectivity index (χ1n) is 7.61. The van der Waals surface area contributed by atoms with E-state index in [-0.39, 0.29) is 0 Å². The first-order chi connectivity index (χ1) is 8.83. The Labute approximate surface area is 111 Å². The van der Waals surface area contributed by atoms with Crippen LogP contribution in [0.1, 0.15) is 50.5 Å². The van der Waals surface area contributed by atoms with Crippen LogP contribution in [0.4, 0.5) is 0 Å². The topological polar surface area (TPSA) is 12.0 Å². The largest absolute Gasteiger partial charge is 0.313 e. The van der Waals surface area contributed by atoms with Gasteiger partial charge in [-0.2, -0.15) is 0 Å². The Morgan fingerprint density at radius 3 is 2.50 bits per heavy atom. The van der Waals surface area contributed by atoms with Gasteiger partial charge in [0.15, 0.2) is 0 Å². The van der Waals surface area contributed by atoms with Gasteiger partial charge in [0, 0.05) is 12.0 Å². The van der Waals surface area contributed by atoms with E-state index in [1.807, 2.05) is 0 Å². The summed E-state index contributed by atoms with van der Waals surface area (Å²) < 4.78 is 0. The van der Waals surface area contributed by atoms with Crippen LogP contribution < -0.4 is 5.32 Å². The smallest absolute Gasteiger partial charge is 0.0143 e. The first kappa shape index (κ1) is 12.2. The van der Waals surface area contributed by atoms with Gasteiger partial charge in [0.25, 0.3) is 0 Å². The number of hydrogen-bond acceptors (Lipinski definition) is 1. The molecule has 0 saturated heterocycles. The third-order valence-electron chi connectivity index (χ3n) is 4.82. The second-order valence-electron chi connectivity index (χ2n) is 6.39. The second kappa shape index (κ2) is 5.44. The van der Waals surface area contributed by atoms with Crippen LogP contribution in [0.25, 0.3) is 0 Å². The summed E-state index contributed by atoms with van der Waals surface area (Å²) in [6, 6.07) is 11.7. The predicted octanol–water partition coefficient (Wildman–Crippen LogP) is 3.96. The number of nitrogens with one attached hydrogen (secondary N) is 1. The fraction of sp³-hybridized carbons (Fsp3) is 0.647. The maximum Gasteiger partial charge on any atom is 0.0143 e. The lowest BCUT2D eigenvalue weighted by atomic mass is 9.83. The van der Waals surface area contributed by atoms with E-state index >= 15 is 0 Å². The molecule has 0 bridgehead atoms. The highest BCUT2D eigenvalue weighted by atomic mass is 15.0. The summed E-state index contributed by atoms with van der Waals surface area (Å²) in [5.74, 6) is 2.70. The molecule has 2 unspecified atom stereocenters. The molecule has 3 rings (SSSR count). The number of benzene rings is 1. The van der Waals surface area contributed by atoms with Gasteiger partial charge in [-0.1, -0.05) is 50.1 Å². The molecule has 1 nitrogen and oxygen atoms in total. The molecular formula is C17H25N. The summed E-state index contributed by atoms with van der Waals surface area (Å²) in [5, 5.41) is 3.79. The summed E-state index contributed by atoms with van der Waals surface area (Å²) in [5.41, 5.74) is 1.52. The Bertz CT molecular complexity index is 364. The number of hydrogen-bond donors (Lipinski definition) is 1. The van der Waals surface area contributed by atoms with Crippen molar-refractivity contribution in [1.29, 1.82) is 0 Å². The molecule has 1 heteroatoms. The van der Waals surface area contributed by atoms with Gasteiger partial charge in [-0.05, 0) is 43.2 Å². The SMILES string of the molecule is CC1CCC(CNC2CC2c2ccccc2)CC1. The standard InChI is InChI=1S/C17H25N/c1-13-7-9-14(10-8-13)12-18-17-11-16(17)15-5-3-2-4-6-15/h2-6,13-14,16-18H,7-12H2,1H3. The molecule has 0 amide bonds. The third-order valence-corrected chi connectivity index (χ3v) is 4.82. The Kier molecular flexibility index (Phi) is 3.69. The molecule has 2 aliphatic rings. The molecule has 2 atom stereocenters. The van der Waals surface area contributed by atoms with E-state index in [0.29, 0.717) is 0 Å². The molecular weight excluding hydrogens is 218 g/mol. The minimum absolute atomic E-state index is 0.756. The third kappa shape index (κ3) is 2.95. The average molecular weight is 243 g/mol. The van der Waals surface area contributed by atoms with Crippen LogP contribution in [0.15, 0.2) is 30.3 Å². The Morgan fingerprint density at radius 2 is 1.78 bits per heavy atom. The molecule has 1 aromatic carbocycles. The molecule has 0 heterocycles. The normalized spacial score (nSPS) is 35.4. The van der Waals surface area contributed by atoms with Gasteiger partial charge in [-0.25, -0.2) is 0 Å². The van der Waals surface area contributed by atoms with Crippen LogP contribution in [-0.4, -0.2) is 12.6 Å². The van der Waals surface area contributed by atoms with Gasteiger partial charge in [0.05, 0.1) is 0 Å². The van der Waals surface area contributed by atoms with Crippen molar-refractivity contribution in [3.8, 4) is 0 Å². The predicted molar refractivity (Wildman–Crippen MR) is 76.7 cm³/mol. The second-order valence-corrected chi connectivity index (χ2v) is 6.39. The lowest BCUT2D eigenvalue weighted by Crippen LogP contribution is -2.28. The number of rotatable bonds is 4. The van der Waals surface area contributed by atoms with E-state index in [0.717, 1.165) is 23.8 Å². The summed E-state index contributed by atoms with van der Waals surface area (Å²) in [4.78, 5) is 0. The molecule has 98 valence electrons. The van der Waals surface area contributed by atoms with Crippen molar-refractivity contribution < 1.29 is 0 Å². The van der Waals surface area contributed by atoms with Crippen LogP contribution in [0.5, 0.6) is 0 Å². The van der Waals surface area contributed by atoms with Crippen molar-refractivity contribution in [3.63, 3.8) is 0 Å². The van der Waals surface area contributed by atoms with Gasteiger partial charge >= 0.3 is 0 Å². The van der Waals surface area contributed by atoms with Crippen LogP contribution in [0.2, 0.25) is 0 Å². The van der Waals surface area contributed by atoms with Gasteiger partial charge in [-0.15, -0.1) is 0 Å². The quantitative estimate of drug-likeness (QED) is 0.844. The van der Waals surface area contributed by atoms with Crippen LogP contribution >= 0.6 is 0 Å². The molecule has 0 spiro atoms. The molecule has 2 saturated carbocycles. The molecule has 0 radical (unpaired) electrons. The van der Waals surface area contributed by atoms with Crippen molar-refractivity contribution in [3.05, 3.63) is 35.9 Å². The minimum Gasteiger partial charge on any atom is -0.313 e. The van der Waals surface area contributed by atoms with E-state index < -0.39 is 0 Å². The monoisotopic (exact) mass is 243 g/mol. The van der Waals surface area contributed by atoms with E-state index in [2.05, 4.69) is 42.6 Å². The van der Waals surface area contributed by atoms with E-state index in [9.17, 15) is 0 Å². The Hall–Kier alpha value is -0.820. The van der Waals surface area contributed by atoms with E-state index in [4.69, 9.17) is 0 Å². The summed E-state index contributed by atoms with van der Waals surface area (Å²) in [6.45, 7) is 3.65. The van der Waals surface area contributed by atoms with Crippen molar-refractivity contribution in [2.24, 2.45) is 11.8 Å². The molecule has 1 aromatic rings. The highest BCUT2D eigenvalue weighted by Gasteiger charge is 2.38. The molecule has 1 N–H and O–H groups in total. The lowest BCUT2D eigenvalue weighted by molar-refractivity contribution is 0.281. The zero-order valence-electron chi connectivity index (χ0n) is 11.4. The van der Waals surface area contributed by atoms with Crippen LogP contribution in [0.3, 0.4) is 0 Å². The Balaban J connectivity index is 1.41. The minimum atomic E-state index is 0.756. The first-order valence-corrected chi connectivity index (χ1v) is 7.61. The zero-order valence-corrected chi connectivity index (χ0v) is 11.4. The van der Waals surface area contributed by atoms with Gasteiger partial charge in [-0.3, -0.25) is 0 Å². The van der Waals surface area contributed by atoms with Crippen molar-refractivity contribution in [2.75, 3.05) is 6.54 Å². The highest BCUT2D eigenvalue weighted by Crippen LogP contribution is 2.41. The maximum absolute atomic E-state index is 3.79. The van der Waals surface area contributed by atoms with E-state index in [1.165, 1.54) is 44.2 Å². The zero-order chi connectivity index (χ0) is 12.4.